The number of rotatable bonds is 3. The van der Waals surface area contributed by atoms with Crippen LogP contribution in [0.4, 0.5) is 13.2 Å². The molecule has 0 saturated heterocycles. The van der Waals surface area contributed by atoms with Gasteiger partial charge >= 0.3 is 12.1 Å². The first-order valence-corrected chi connectivity index (χ1v) is 6.47. The third-order valence-corrected chi connectivity index (χ3v) is 3.65. The molecule has 1 aromatic carbocycles. The molecule has 0 bridgehead atoms. The molecule has 7 heteroatoms. The van der Waals surface area contributed by atoms with E-state index < -0.39 is 23.5 Å². The quantitative estimate of drug-likeness (QED) is 0.493. The van der Waals surface area contributed by atoms with Gasteiger partial charge in [-0.1, -0.05) is 6.07 Å². The van der Waals surface area contributed by atoms with Crippen molar-refractivity contribution in [2.24, 2.45) is 0 Å². The van der Waals surface area contributed by atoms with Crippen LogP contribution in [0, 0.1) is 0 Å². The molecule has 0 aliphatic carbocycles. The van der Waals surface area contributed by atoms with Crippen molar-refractivity contribution in [2.45, 2.75) is 13.1 Å². The minimum Gasteiger partial charge on any atom is -0.460 e. The largest absolute Gasteiger partial charge is 0.460 e. The smallest absolute Gasteiger partial charge is 0.417 e. The first-order valence-electron chi connectivity index (χ1n) is 5.65. The van der Waals surface area contributed by atoms with Crippen LogP contribution in [0.5, 0.6) is 0 Å². The predicted molar refractivity (Wildman–Crippen MR) is 67.8 cm³/mol. The third kappa shape index (κ3) is 2.67. The van der Waals surface area contributed by atoms with Crippen LogP contribution < -0.4 is 0 Å². The number of Topliss-reactive ketones (excluding diaryl/α,β-unsaturated/α-hetero) is 1. The monoisotopic (exact) mass is 302 g/mol. The Bertz CT molecular complexity index is 673. The average Bonchev–Trinajstić information content (AvgIpc) is 2.80. The molecule has 20 heavy (non-hydrogen) atoms. The zero-order chi connectivity index (χ0) is 14.9. The van der Waals surface area contributed by atoms with Crippen molar-refractivity contribution in [2.75, 3.05) is 6.61 Å². The Morgan fingerprint density at radius 3 is 2.60 bits per heavy atom. The fourth-order valence-corrected chi connectivity index (χ4v) is 2.73. The maximum Gasteiger partial charge on any atom is 0.417 e. The summed E-state index contributed by atoms with van der Waals surface area (Å²) < 4.78 is 43.4. The first kappa shape index (κ1) is 14.5. The minimum absolute atomic E-state index is 0.0310. The van der Waals surface area contributed by atoms with Gasteiger partial charge in [0, 0.05) is 10.1 Å². The van der Waals surface area contributed by atoms with E-state index in [0.717, 1.165) is 23.5 Å². The standard InChI is InChI=1S/C13H9F3O3S/c1-2-19-12(18)11(17)10-6-7-8(13(14,15)16)4-3-5-9(7)20-10/h3-6H,2H2,1H3. The van der Waals surface area contributed by atoms with E-state index in [2.05, 4.69) is 4.74 Å². The molecule has 2 aromatic rings. The van der Waals surface area contributed by atoms with Crippen molar-refractivity contribution in [1.29, 1.82) is 0 Å². The molecule has 1 heterocycles. The zero-order valence-electron chi connectivity index (χ0n) is 10.3. The average molecular weight is 302 g/mol. The molecule has 0 N–H and O–H groups in total. The minimum atomic E-state index is -4.51. The van der Waals surface area contributed by atoms with Crippen molar-refractivity contribution in [3.05, 3.63) is 34.7 Å². The van der Waals surface area contributed by atoms with E-state index in [9.17, 15) is 22.8 Å². The number of hydrogen-bond donors (Lipinski definition) is 0. The number of fused-ring (bicyclic) bond motifs is 1. The molecule has 0 saturated carbocycles. The summed E-state index contributed by atoms with van der Waals surface area (Å²) in [6.45, 7) is 1.57. The van der Waals surface area contributed by atoms with Gasteiger partial charge in [-0.2, -0.15) is 13.2 Å². The van der Waals surface area contributed by atoms with E-state index in [1.54, 1.807) is 0 Å². The predicted octanol–water partition coefficient (Wildman–Crippen LogP) is 3.67. The van der Waals surface area contributed by atoms with Gasteiger partial charge in [0.15, 0.2) is 0 Å². The van der Waals surface area contributed by atoms with Crippen molar-refractivity contribution >= 4 is 33.2 Å². The molecule has 0 unspecified atom stereocenters. The Balaban J connectivity index is 2.49. The summed E-state index contributed by atoms with van der Waals surface area (Å²) in [7, 11) is 0. The van der Waals surface area contributed by atoms with E-state index >= 15 is 0 Å². The number of hydrogen-bond acceptors (Lipinski definition) is 4. The highest BCUT2D eigenvalue weighted by molar-refractivity contribution is 7.21. The third-order valence-electron chi connectivity index (χ3n) is 2.55. The van der Waals surface area contributed by atoms with Crippen molar-refractivity contribution in [3.8, 4) is 0 Å². The molecule has 0 amide bonds. The molecular weight excluding hydrogens is 293 g/mol. The van der Waals surface area contributed by atoms with E-state index in [-0.39, 0.29) is 16.9 Å². The SMILES string of the molecule is CCOC(=O)C(=O)c1cc2c(C(F)(F)F)cccc2s1. The van der Waals surface area contributed by atoms with Gasteiger partial charge < -0.3 is 4.74 Å². The Hall–Kier alpha value is -1.89. The van der Waals surface area contributed by atoms with Crippen LogP contribution in [-0.4, -0.2) is 18.4 Å². The van der Waals surface area contributed by atoms with Crippen LogP contribution in [0.3, 0.4) is 0 Å². The second-order valence-electron chi connectivity index (χ2n) is 3.88. The lowest BCUT2D eigenvalue weighted by Crippen LogP contribution is -2.16. The van der Waals surface area contributed by atoms with Crippen LogP contribution in [0.1, 0.15) is 22.2 Å². The Morgan fingerprint density at radius 2 is 2.00 bits per heavy atom. The number of halogens is 3. The first-order chi connectivity index (χ1) is 9.34. The van der Waals surface area contributed by atoms with Gasteiger partial charge in [0.1, 0.15) is 0 Å². The maximum absolute atomic E-state index is 12.8. The lowest BCUT2D eigenvalue weighted by molar-refractivity contribution is -0.137. The summed E-state index contributed by atoms with van der Waals surface area (Å²) in [5, 5.41) is -0.0855. The van der Waals surface area contributed by atoms with Crippen LogP contribution in [0.15, 0.2) is 24.3 Å². The highest BCUT2D eigenvalue weighted by Gasteiger charge is 2.33. The summed E-state index contributed by atoms with van der Waals surface area (Å²) in [6.07, 6.45) is -4.51. The summed E-state index contributed by atoms with van der Waals surface area (Å²) in [5.74, 6) is -1.99. The van der Waals surface area contributed by atoms with Crippen LogP contribution in [0.25, 0.3) is 10.1 Å². The van der Waals surface area contributed by atoms with Crippen molar-refractivity contribution < 1.29 is 27.5 Å². The molecular formula is C13H9F3O3S. The number of esters is 1. The summed E-state index contributed by atoms with van der Waals surface area (Å²) in [6, 6.07) is 4.76. The lowest BCUT2D eigenvalue weighted by Gasteiger charge is -2.06. The molecule has 0 radical (unpaired) electrons. The normalized spacial score (nSPS) is 11.6. The molecule has 0 spiro atoms. The second-order valence-corrected chi connectivity index (χ2v) is 4.96. The number of benzene rings is 1. The van der Waals surface area contributed by atoms with Crippen LogP contribution >= 0.6 is 11.3 Å². The second kappa shape index (κ2) is 5.24. The molecule has 3 nitrogen and oxygen atoms in total. The van der Waals surface area contributed by atoms with Gasteiger partial charge in [0.2, 0.25) is 0 Å². The Labute approximate surface area is 116 Å². The molecule has 0 atom stereocenters. The molecule has 0 aliphatic rings. The Morgan fingerprint density at radius 1 is 1.30 bits per heavy atom. The van der Waals surface area contributed by atoms with Crippen LogP contribution in [0.2, 0.25) is 0 Å². The van der Waals surface area contributed by atoms with Gasteiger partial charge in [-0.3, -0.25) is 4.79 Å². The molecule has 0 aliphatic heterocycles. The molecule has 1 aromatic heterocycles. The zero-order valence-corrected chi connectivity index (χ0v) is 11.1. The van der Waals surface area contributed by atoms with Gasteiger partial charge in [-0.05, 0) is 25.1 Å². The van der Waals surface area contributed by atoms with Crippen LogP contribution in [-0.2, 0) is 15.7 Å². The summed E-state index contributed by atoms with van der Waals surface area (Å²) in [4.78, 5) is 23.0. The maximum atomic E-state index is 12.8. The number of carbonyl (C=O) groups is 2. The Kier molecular flexibility index (Phi) is 3.80. The highest BCUT2D eigenvalue weighted by Crippen LogP contribution is 2.38. The van der Waals surface area contributed by atoms with Gasteiger partial charge in [-0.15, -0.1) is 11.3 Å². The van der Waals surface area contributed by atoms with Gasteiger partial charge in [0.25, 0.3) is 5.78 Å². The fraction of sp³-hybridized carbons (Fsp3) is 0.231. The van der Waals surface area contributed by atoms with Gasteiger partial charge in [-0.25, -0.2) is 4.79 Å². The summed E-state index contributed by atoms with van der Waals surface area (Å²) in [5.41, 5.74) is -0.825. The fourth-order valence-electron chi connectivity index (χ4n) is 1.72. The molecule has 0 fully saturated rings. The van der Waals surface area contributed by atoms with E-state index in [1.165, 1.54) is 19.1 Å². The van der Waals surface area contributed by atoms with Gasteiger partial charge in [0.05, 0.1) is 17.0 Å². The number of thiophene rings is 1. The van der Waals surface area contributed by atoms with E-state index in [4.69, 9.17) is 0 Å². The molecule has 2 rings (SSSR count). The number of alkyl halides is 3. The van der Waals surface area contributed by atoms with E-state index in [0.29, 0.717) is 4.70 Å². The number of carbonyl (C=O) groups excluding carboxylic acids is 2. The number of ketones is 1. The highest BCUT2D eigenvalue weighted by atomic mass is 32.1. The molecule has 106 valence electrons. The lowest BCUT2D eigenvalue weighted by atomic mass is 10.1. The van der Waals surface area contributed by atoms with Crippen molar-refractivity contribution in [1.82, 2.24) is 0 Å². The summed E-state index contributed by atoms with van der Waals surface area (Å²) >= 11 is 0.839. The topological polar surface area (TPSA) is 43.4 Å². The van der Waals surface area contributed by atoms with Crippen molar-refractivity contribution in [3.63, 3.8) is 0 Å². The van der Waals surface area contributed by atoms with E-state index in [1.807, 2.05) is 0 Å². The number of ether oxygens (including phenoxy) is 1.